The molecule has 0 aliphatic carbocycles. The zero-order valence-electron chi connectivity index (χ0n) is 10.7. The summed E-state index contributed by atoms with van der Waals surface area (Å²) in [5.74, 6) is -0.365. The summed E-state index contributed by atoms with van der Waals surface area (Å²) in [6.07, 6.45) is 2.73. The number of carbonyl (C=O) groups excluding carboxylic acids is 1. The van der Waals surface area contributed by atoms with Crippen LogP contribution in [-0.4, -0.2) is 22.0 Å². The number of carbonyl (C=O) groups is 1. The van der Waals surface area contributed by atoms with Gasteiger partial charge in [-0.1, -0.05) is 19.1 Å². The molecule has 1 aromatic carbocycles. The van der Waals surface area contributed by atoms with Gasteiger partial charge in [0.2, 0.25) is 0 Å². The van der Waals surface area contributed by atoms with E-state index in [0.717, 1.165) is 23.0 Å². The lowest BCUT2D eigenvalue weighted by atomic mass is 10.2. The Kier molecular flexibility index (Phi) is 2.91. The van der Waals surface area contributed by atoms with Gasteiger partial charge in [-0.3, -0.25) is 0 Å². The smallest absolute Gasteiger partial charge is 0.359 e. The van der Waals surface area contributed by atoms with Gasteiger partial charge in [-0.05, 0) is 30.7 Å². The number of esters is 1. The molecule has 96 valence electrons. The SMILES string of the molecule is CCCOC(=O)c1nc2ccccc2n2cccc12. The molecule has 0 spiro atoms. The second kappa shape index (κ2) is 4.72. The number of fused-ring (bicyclic) bond motifs is 3. The quantitative estimate of drug-likeness (QED) is 0.675. The van der Waals surface area contributed by atoms with Crippen molar-refractivity contribution in [1.29, 1.82) is 0 Å². The molecule has 4 heteroatoms. The van der Waals surface area contributed by atoms with Gasteiger partial charge >= 0.3 is 5.97 Å². The Bertz CT molecular complexity index is 746. The van der Waals surface area contributed by atoms with Crippen LogP contribution in [0.15, 0.2) is 42.6 Å². The van der Waals surface area contributed by atoms with E-state index >= 15 is 0 Å². The number of aromatic nitrogens is 2. The zero-order valence-corrected chi connectivity index (χ0v) is 10.7. The molecule has 0 unspecified atom stereocenters. The molecule has 3 aromatic rings. The molecule has 0 saturated carbocycles. The summed E-state index contributed by atoms with van der Waals surface area (Å²) in [6, 6.07) is 11.5. The van der Waals surface area contributed by atoms with Crippen LogP contribution in [0, 0.1) is 0 Å². The summed E-state index contributed by atoms with van der Waals surface area (Å²) in [7, 11) is 0. The molecule has 2 aromatic heterocycles. The van der Waals surface area contributed by atoms with E-state index in [0.29, 0.717) is 12.3 Å². The fourth-order valence-electron chi connectivity index (χ4n) is 2.14. The predicted octanol–water partition coefficient (Wildman–Crippen LogP) is 3.05. The highest BCUT2D eigenvalue weighted by molar-refractivity contribution is 5.98. The van der Waals surface area contributed by atoms with Crippen LogP contribution in [0.1, 0.15) is 23.8 Å². The Hall–Kier alpha value is -2.36. The first kappa shape index (κ1) is 11.7. The molecular formula is C15H14N2O2. The minimum Gasteiger partial charge on any atom is -0.461 e. The largest absolute Gasteiger partial charge is 0.461 e. The van der Waals surface area contributed by atoms with Crippen LogP contribution >= 0.6 is 0 Å². The molecule has 0 radical (unpaired) electrons. The van der Waals surface area contributed by atoms with E-state index in [-0.39, 0.29) is 5.97 Å². The van der Waals surface area contributed by atoms with Crippen molar-refractivity contribution in [3.8, 4) is 0 Å². The van der Waals surface area contributed by atoms with Crippen LogP contribution in [0.3, 0.4) is 0 Å². The first-order chi connectivity index (χ1) is 9.31. The molecular weight excluding hydrogens is 240 g/mol. The summed E-state index contributed by atoms with van der Waals surface area (Å²) in [6.45, 7) is 2.38. The third-order valence-corrected chi connectivity index (χ3v) is 3.00. The van der Waals surface area contributed by atoms with Gasteiger partial charge in [0.1, 0.15) is 0 Å². The van der Waals surface area contributed by atoms with Crippen LogP contribution in [-0.2, 0) is 4.74 Å². The maximum absolute atomic E-state index is 12.1. The van der Waals surface area contributed by atoms with Gasteiger partial charge in [-0.15, -0.1) is 0 Å². The van der Waals surface area contributed by atoms with E-state index in [1.807, 2.05) is 53.9 Å². The van der Waals surface area contributed by atoms with Crippen LogP contribution in [0.2, 0.25) is 0 Å². The van der Waals surface area contributed by atoms with Crippen molar-refractivity contribution in [3.63, 3.8) is 0 Å². The molecule has 0 atom stereocenters. The third kappa shape index (κ3) is 1.95. The van der Waals surface area contributed by atoms with Crippen molar-refractivity contribution in [1.82, 2.24) is 9.38 Å². The first-order valence-electron chi connectivity index (χ1n) is 6.34. The number of benzene rings is 1. The van der Waals surface area contributed by atoms with Crippen molar-refractivity contribution in [2.45, 2.75) is 13.3 Å². The molecule has 0 N–H and O–H groups in total. The summed E-state index contributed by atoms with van der Waals surface area (Å²) in [5, 5.41) is 0. The highest BCUT2D eigenvalue weighted by atomic mass is 16.5. The van der Waals surface area contributed by atoms with Crippen LogP contribution in [0.4, 0.5) is 0 Å². The van der Waals surface area contributed by atoms with E-state index < -0.39 is 0 Å². The normalized spacial score (nSPS) is 11.0. The fourth-order valence-corrected chi connectivity index (χ4v) is 2.14. The second-order valence-corrected chi connectivity index (χ2v) is 4.35. The van der Waals surface area contributed by atoms with E-state index in [4.69, 9.17) is 4.74 Å². The van der Waals surface area contributed by atoms with Gasteiger partial charge in [-0.25, -0.2) is 9.78 Å². The van der Waals surface area contributed by atoms with E-state index in [1.165, 1.54) is 0 Å². The molecule has 0 aliphatic rings. The third-order valence-electron chi connectivity index (χ3n) is 3.00. The maximum Gasteiger partial charge on any atom is 0.359 e. The molecule has 0 saturated heterocycles. The summed E-state index contributed by atoms with van der Waals surface area (Å²) >= 11 is 0. The van der Waals surface area contributed by atoms with Crippen LogP contribution < -0.4 is 0 Å². The summed E-state index contributed by atoms with van der Waals surface area (Å²) in [4.78, 5) is 16.5. The highest BCUT2D eigenvalue weighted by Gasteiger charge is 2.15. The van der Waals surface area contributed by atoms with Gasteiger partial charge in [0.25, 0.3) is 0 Å². The van der Waals surface area contributed by atoms with Crippen molar-refractivity contribution >= 4 is 22.5 Å². The summed E-state index contributed by atoms with van der Waals surface area (Å²) < 4.78 is 7.15. The topological polar surface area (TPSA) is 43.6 Å². The number of hydrogen-bond donors (Lipinski definition) is 0. The number of rotatable bonds is 3. The Morgan fingerprint density at radius 2 is 2.00 bits per heavy atom. The number of ether oxygens (including phenoxy) is 1. The number of hydrogen-bond acceptors (Lipinski definition) is 3. The first-order valence-corrected chi connectivity index (χ1v) is 6.34. The van der Waals surface area contributed by atoms with Crippen LogP contribution in [0.25, 0.3) is 16.6 Å². The van der Waals surface area contributed by atoms with Crippen molar-refractivity contribution < 1.29 is 9.53 Å². The number of nitrogens with zero attached hydrogens (tertiary/aromatic N) is 2. The highest BCUT2D eigenvalue weighted by Crippen LogP contribution is 2.19. The van der Waals surface area contributed by atoms with Crippen molar-refractivity contribution in [3.05, 3.63) is 48.3 Å². The van der Waals surface area contributed by atoms with Crippen LogP contribution in [0.5, 0.6) is 0 Å². The molecule has 0 aliphatic heterocycles. The lowest BCUT2D eigenvalue weighted by Gasteiger charge is -2.08. The summed E-state index contributed by atoms with van der Waals surface area (Å²) in [5.41, 5.74) is 2.92. The molecule has 3 rings (SSSR count). The Labute approximate surface area is 110 Å². The average molecular weight is 254 g/mol. The second-order valence-electron chi connectivity index (χ2n) is 4.35. The molecule has 0 amide bonds. The van der Waals surface area contributed by atoms with E-state index in [9.17, 15) is 4.79 Å². The standard InChI is InChI=1S/C15H14N2O2/c1-2-10-19-15(18)14-13-8-5-9-17(13)12-7-4-3-6-11(12)16-14/h3-9H,2,10H2,1H3. The van der Waals surface area contributed by atoms with E-state index in [2.05, 4.69) is 4.98 Å². The molecule has 0 fully saturated rings. The Balaban J connectivity index is 2.21. The maximum atomic E-state index is 12.1. The molecule has 0 bridgehead atoms. The minimum atomic E-state index is -0.365. The Morgan fingerprint density at radius 1 is 1.21 bits per heavy atom. The predicted molar refractivity (Wildman–Crippen MR) is 73.3 cm³/mol. The lowest BCUT2D eigenvalue weighted by Crippen LogP contribution is -2.10. The van der Waals surface area contributed by atoms with Crippen molar-refractivity contribution in [2.24, 2.45) is 0 Å². The zero-order chi connectivity index (χ0) is 13.2. The van der Waals surface area contributed by atoms with E-state index in [1.54, 1.807) is 0 Å². The van der Waals surface area contributed by atoms with Gasteiger partial charge in [0, 0.05) is 6.20 Å². The van der Waals surface area contributed by atoms with Gasteiger partial charge in [0.05, 0.1) is 23.2 Å². The van der Waals surface area contributed by atoms with Gasteiger partial charge < -0.3 is 9.14 Å². The lowest BCUT2D eigenvalue weighted by molar-refractivity contribution is 0.0501. The number of para-hydroxylation sites is 2. The molecule has 2 heterocycles. The monoisotopic (exact) mass is 254 g/mol. The van der Waals surface area contributed by atoms with Crippen molar-refractivity contribution in [2.75, 3.05) is 6.61 Å². The average Bonchev–Trinajstić information content (AvgIpc) is 2.93. The van der Waals surface area contributed by atoms with Gasteiger partial charge in [0.15, 0.2) is 5.69 Å². The van der Waals surface area contributed by atoms with Gasteiger partial charge in [-0.2, -0.15) is 0 Å². The Morgan fingerprint density at radius 3 is 2.84 bits per heavy atom. The fraction of sp³-hybridized carbons (Fsp3) is 0.200. The minimum absolute atomic E-state index is 0.365. The molecule has 4 nitrogen and oxygen atoms in total. The molecule has 19 heavy (non-hydrogen) atoms.